The number of ether oxygens (including phenoxy) is 1. The molecule has 0 atom stereocenters. The van der Waals surface area contributed by atoms with E-state index in [-0.39, 0.29) is 28.6 Å². The highest BCUT2D eigenvalue weighted by atomic mass is 16.5. The lowest BCUT2D eigenvalue weighted by molar-refractivity contribution is 0.0853. The standard InChI is InChI=1S/C22H24O5/c1-4-6-13-11-15(23)26-21-16(13)20-14(9-10-22(2,3)27-20)19(25)17(21)18(24)12-7-5-8-12/h9-12,25H,4-8H2,1-3H3. The minimum Gasteiger partial charge on any atom is -0.506 e. The third-order valence-electron chi connectivity index (χ3n) is 5.49. The highest BCUT2D eigenvalue weighted by molar-refractivity contribution is 6.13. The number of hydrogen-bond donors (Lipinski definition) is 1. The maximum absolute atomic E-state index is 13.1. The van der Waals surface area contributed by atoms with Crippen LogP contribution in [0.25, 0.3) is 17.0 Å². The molecule has 1 aromatic carbocycles. The zero-order chi connectivity index (χ0) is 19.3. The van der Waals surface area contributed by atoms with Crippen molar-refractivity contribution in [2.24, 2.45) is 5.92 Å². The van der Waals surface area contributed by atoms with Crippen LogP contribution in [-0.4, -0.2) is 16.5 Å². The highest BCUT2D eigenvalue weighted by Gasteiger charge is 2.35. The molecule has 1 N–H and O–H groups in total. The average Bonchev–Trinajstić information content (AvgIpc) is 2.52. The van der Waals surface area contributed by atoms with Gasteiger partial charge in [-0.1, -0.05) is 19.8 Å². The van der Waals surface area contributed by atoms with Crippen molar-refractivity contribution in [3.63, 3.8) is 0 Å². The highest BCUT2D eigenvalue weighted by Crippen LogP contribution is 2.47. The number of ketones is 1. The smallest absolute Gasteiger partial charge is 0.336 e. The summed E-state index contributed by atoms with van der Waals surface area (Å²) in [5, 5.41) is 11.6. The Kier molecular flexibility index (Phi) is 4.13. The van der Waals surface area contributed by atoms with E-state index in [4.69, 9.17) is 9.15 Å². The zero-order valence-corrected chi connectivity index (χ0v) is 15.9. The van der Waals surface area contributed by atoms with Gasteiger partial charge in [-0.15, -0.1) is 0 Å². The van der Waals surface area contributed by atoms with Crippen LogP contribution in [0.5, 0.6) is 11.5 Å². The molecule has 0 bridgehead atoms. The van der Waals surface area contributed by atoms with E-state index in [1.165, 1.54) is 6.07 Å². The van der Waals surface area contributed by atoms with Crippen molar-refractivity contribution in [1.29, 1.82) is 0 Å². The van der Waals surface area contributed by atoms with Crippen LogP contribution in [0.4, 0.5) is 0 Å². The molecule has 0 saturated heterocycles. The molecule has 5 heteroatoms. The molecule has 1 aliphatic heterocycles. The van der Waals surface area contributed by atoms with Crippen LogP contribution in [0.3, 0.4) is 0 Å². The Hall–Kier alpha value is -2.56. The number of carbonyl (C=O) groups excluding carboxylic acids is 1. The number of phenols is 1. The summed E-state index contributed by atoms with van der Waals surface area (Å²) in [4.78, 5) is 25.3. The lowest BCUT2D eigenvalue weighted by atomic mass is 9.78. The monoisotopic (exact) mass is 368 g/mol. The second kappa shape index (κ2) is 6.25. The summed E-state index contributed by atoms with van der Waals surface area (Å²) in [6, 6.07) is 1.47. The Labute approximate surface area is 157 Å². The Morgan fingerprint density at radius 2 is 2.07 bits per heavy atom. The van der Waals surface area contributed by atoms with Crippen LogP contribution in [0, 0.1) is 5.92 Å². The molecular formula is C22H24O5. The number of fused-ring (bicyclic) bond motifs is 3. The molecule has 1 fully saturated rings. The molecule has 142 valence electrons. The number of hydrogen-bond acceptors (Lipinski definition) is 5. The summed E-state index contributed by atoms with van der Waals surface area (Å²) in [6.45, 7) is 5.86. The summed E-state index contributed by atoms with van der Waals surface area (Å²) in [5.41, 5.74) is 0.468. The quantitative estimate of drug-likeness (QED) is 0.629. The van der Waals surface area contributed by atoms with E-state index in [1.54, 1.807) is 6.08 Å². The lowest BCUT2D eigenvalue weighted by Crippen LogP contribution is -2.28. The van der Waals surface area contributed by atoms with Crippen LogP contribution in [-0.2, 0) is 6.42 Å². The number of benzene rings is 1. The van der Waals surface area contributed by atoms with E-state index < -0.39 is 11.2 Å². The summed E-state index contributed by atoms with van der Waals surface area (Å²) < 4.78 is 11.6. The second-order valence-corrected chi connectivity index (χ2v) is 8.04. The van der Waals surface area contributed by atoms with Gasteiger partial charge >= 0.3 is 5.63 Å². The molecule has 1 aliphatic carbocycles. The first kappa shape index (κ1) is 17.8. The van der Waals surface area contributed by atoms with Crippen molar-refractivity contribution in [2.75, 3.05) is 0 Å². The molecule has 2 aliphatic rings. The Balaban J connectivity index is 2.10. The van der Waals surface area contributed by atoms with E-state index in [2.05, 4.69) is 0 Å². The Bertz CT molecular complexity index is 1020. The van der Waals surface area contributed by atoms with Crippen LogP contribution >= 0.6 is 0 Å². The topological polar surface area (TPSA) is 76.7 Å². The van der Waals surface area contributed by atoms with Crippen molar-refractivity contribution in [1.82, 2.24) is 0 Å². The molecule has 1 aromatic heterocycles. The van der Waals surface area contributed by atoms with Gasteiger partial charge in [0.05, 0.1) is 10.9 Å². The van der Waals surface area contributed by atoms with Crippen LogP contribution in [0.1, 0.15) is 67.9 Å². The minimum atomic E-state index is -0.564. The van der Waals surface area contributed by atoms with Crippen molar-refractivity contribution in [2.45, 2.75) is 58.5 Å². The van der Waals surface area contributed by atoms with Gasteiger partial charge in [0, 0.05) is 12.0 Å². The first-order valence-corrected chi connectivity index (χ1v) is 9.60. The number of Topliss-reactive ketones (excluding diaryl/α,β-unsaturated/α-hetero) is 1. The fraction of sp³-hybridized carbons (Fsp3) is 0.455. The maximum Gasteiger partial charge on any atom is 0.336 e. The van der Waals surface area contributed by atoms with E-state index in [0.29, 0.717) is 23.1 Å². The summed E-state index contributed by atoms with van der Waals surface area (Å²) >= 11 is 0. The fourth-order valence-corrected chi connectivity index (χ4v) is 3.86. The van der Waals surface area contributed by atoms with Crippen LogP contribution < -0.4 is 10.4 Å². The van der Waals surface area contributed by atoms with Crippen molar-refractivity contribution >= 4 is 22.8 Å². The summed E-state index contributed by atoms with van der Waals surface area (Å²) in [5.74, 6) is 0.0501. The number of rotatable bonds is 4. The molecule has 0 spiro atoms. The largest absolute Gasteiger partial charge is 0.506 e. The number of aromatic hydroxyl groups is 1. The predicted octanol–water partition coefficient (Wildman–Crippen LogP) is 4.62. The molecule has 5 nitrogen and oxygen atoms in total. The van der Waals surface area contributed by atoms with Gasteiger partial charge in [-0.25, -0.2) is 4.79 Å². The summed E-state index contributed by atoms with van der Waals surface area (Å²) in [6.07, 6.45) is 7.75. The van der Waals surface area contributed by atoms with Gasteiger partial charge in [0.15, 0.2) is 11.4 Å². The molecule has 4 rings (SSSR count). The van der Waals surface area contributed by atoms with Crippen molar-refractivity contribution in [3.8, 4) is 11.5 Å². The van der Waals surface area contributed by atoms with Gasteiger partial charge in [0.2, 0.25) is 0 Å². The molecule has 0 radical (unpaired) electrons. The average molecular weight is 368 g/mol. The molecule has 1 saturated carbocycles. The number of aryl methyl sites for hydroxylation is 1. The molecule has 0 unspecified atom stereocenters. The third kappa shape index (κ3) is 2.85. The van der Waals surface area contributed by atoms with Gasteiger partial charge in [0.1, 0.15) is 22.7 Å². The zero-order valence-electron chi connectivity index (χ0n) is 15.9. The SMILES string of the molecule is CCCc1cc(=O)oc2c(C(=O)C3CCC3)c(O)c3c(c12)OC(C)(C)C=C3. The molecule has 27 heavy (non-hydrogen) atoms. The Morgan fingerprint density at radius 1 is 1.33 bits per heavy atom. The van der Waals surface area contributed by atoms with Crippen LogP contribution in [0.15, 0.2) is 21.4 Å². The fourth-order valence-electron chi connectivity index (χ4n) is 3.86. The second-order valence-electron chi connectivity index (χ2n) is 8.04. The number of phenolic OH excluding ortho intramolecular Hbond substituents is 1. The van der Waals surface area contributed by atoms with Crippen molar-refractivity contribution in [3.05, 3.63) is 39.3 Å². The van der Waals surface area contributed by atoms with Gasteiger partial charge in [-0.05, 0) is 50.8 Å². The van der Waals surface area contributed by atoms with Crippen LogP contribution in [0.2, 0.25) is 0 Å². The van der Waals surface area contributed by atoms with Gasteiger partial charge in [0.25, 0.3) is 0 Å². The first-order valence-electron chi connectivity index (χ1n) is 9.60. The van der Waals surface area contributed by atoms with E-state index in [0.717, 1.165) is 31.2 Å². The van der Waals surface area contributed by atoms with E-state index >= 15 is 0 Å². The van der Waals surface area contributed by atoms with E-state index in [9.17, 15) is 14.7 Å². The Morgan fingerprint density at radius 3 is 2.70 bits per heavy atom. The molecule has 2 aromatic rings. The van der Waals surface area contributed by atoms with E-state index in [1.807, 2.05) is 26.8 Å². The van der Waals surface area contributed by atoms with Gasteiger partial charge in [-0.3, -0.25) is 4.79 Å². The van der Waals surface area contributed by atoms with Gasteiger partial charge in [-0.2, -0.15) is 0 Å². The molecule has 0 amide bonds. The normalized spacial score (nSPS) is 18.0. The molecular weight excluding hydrogens is 344 g/mol. The lowest BCUT2D eigenvalue weighted by Gasteiger charge is -2.31. The first-order chi connectivity index (χ1) is 12.8. The summed E-state index contributed by atoms with van der Waals surface area (Å²) in [7, 11) is 0. The maximum atomic E-state index is 13.1. The van der Waals surface area contributed by atoms with Crippen molar-refractivity contribution < 1.29 is 19.1 Å². The predicted molar refractivity (Wildman–Crippen MR) is 104 cm³/mol. The minimum absolute atomic E-state index is 0.122. The van der Waals surface area contributed by atoms with Gasteiger partial charge < -0.3 is 14.3 Å². The number of carbonyl (C=O) groups is 1. The third-order valence-corrected chi connectivity index (χ3v) is 5.49. The molecule has 2 heterocycles.